The van der Waals surface area contributed by atoms with Crippen molar-refractivity contribution in [3.05, 3.63) is 63.0 Å². The summed E-state index contributed by atoms with van der Waals surface area (Å²) in [6.45, 7) is 4.03. The van der Waals surface area contributed by atoms with E-state index in [1.807, 2.05) is 18.2 Å². The lowest BCUT2D eigenvalue weighted by Gasteiger charge is -2.10. The van der Waals surface area contributed by atoms with Gasteiger partial charge >= 0.3 is 0 Å². The van der Waals surface area contributed by atoms with E-state index < -0.39 is 0 Å². The van der Waals surface area contributed by atoms with E-state index in [-0.39, 0.29) is 5.56 Å². The number of hydrogen-bond acceptors (Lipinski definition) is 5. The molecule has 0 aliphatic heterocycles. The summed E-state index contributed by atoms with van der Waals surface area (Å²) in [5.41, 5.74) is 1.85. The molecule has 5 nitrogen and oxygen atoms in total. The molecule has 0 radical (unpaired) electrons. The second-order valence-corrected chi connectivity index (χ2v) is 8.30. The third-order valence-electron chi connectivity index (χ3n) is 4.89. The van der Waals surface area contributed by atoms with Crippen molar-refractivity contribution in [1.29, 1.82) is 0 Å². The maximum atomic E-state index is 12.7. The van der Waals surface area contributed by atoms with Crippen molar-refractivity contribution in [3.63, 3.8) is 0 Å². The molecule has 150 valence electrons. The fourth-order valence-corrected chi connectivity index (χ4v) is 5.01. The third kappa shape index (κ3) is 3.95. The van der Waals surface area contributed by atoms with Crippen LogP contribution in [0.15, 0.2) is 35.6 Å². The topological polar surface area (TPSA) is 64.2 Å². The van der Waals surface area contributed by atoms with Crippen LogP contribution >= 0.6 is 22.9 Å². The minimum Gasteiger partial charge on any atom is -0.493 e. The minimum absolute atomic E-state index is 0.123. The third-order valence-corrected chi connectivity index (χ3v) is 6.36. The number of nitrogens with zero attached hydrogens (tertiary/aromatic N) is 1. The molecule has 0 saturated heterocycles. The molecule has 29 heavy (non-hydrogen) atoms. The summed E-state index contributed by atoms with van der Waals surface area (Å²) < 4.78 is 11.0. The summed E-state index contributed by atoms with van der Waals surface area (Å²) in [4.78, 5) is 22.2. The van der Waals surface area contributed by atoms with Gasteiger partial charge in [0.2, 0.25) is 0 Å². The number of fused-ring (bicyclic) bond motifs is 3. The van der Waals surface area contributed by atoms with Crippen LogP contribution < -0.4 is 15.0 Å². The van der Waals surface area contributed by atoms with Crippen molar-refractivity contribution in [2.24, 2.45) is 0 Å². The van der Waals surface area contributed by atoms with Gasteiger partial charge in [-0.2, -0.15) is 0 Å². The molecular weight excluding hydrogens is 408 g/mol. The Morgan fingerprint density at radius 2 is 2.17 bits per heavy atom. The highest BCUT2D eigenvalue weighted by molar-refractivity contribution is 7.18. The van der Waals surface area contributed by atoms with Crippen LogP contribution in [0.3, 0.4) is 0 Å². The number of aromatic amines is 1. The summed E-state index contributed by atoms with van der Waals surface area (Å²) in [7, 11) is 1.58. The Morgan fingerprint density at radius 3 is 2.97 bits per heavy atom. The first-order valence-corrected chi connectivity index (χ1v) is 10.6. The number of benzene rings is 1. The standard InChI is InChI=1S/C22H21ClN2O3S/c1-3-10-28-16-9-8-13(12-17(16)27-2)11-15(23)20-24-21(26)19-14-6-4-5-7-18(14)29-22(19)25-20/h3,8-9,11-12H,1,4-7,10H2,2H3,(H,24,25,26)/b15-11-. The Hall–Kier alpha value is -2.57. The van der Waals surface area contributed by atoms with Gasteiger partial charge in [0.1, 0.15) is 11.4 Å². The number of aryl methyl sites for hydroxylation is 2. The quantitative estimate of drug-likeness (QED) is 0.550. The molecule has 0 fully saturated rings. The lowest BCUT2D eigenvalue weighted by molar-refractivity contribution is 0.326. The van der Waals surface area contributed by atoms with Crippen LogP contribution in [0.1, 0.15) is 34.7 Å². The smallest absolute Gasteiger partial charge is 0.260 e. The molecule has 1 aromatic carbocycles. The predicted octanol–water partition coefficient (Wildman–Crippen LogP) is 5.17. The van der Waals surface area contributed by atoms with Gasteiger partial charge in [0.15, 0.2) is 17.3 Å². The SMILES string of the molecule is C=CCOc1ccc(/C=C(\Cl)c2nc3sc4c(c3c(=O)[nH]2)CCCC4)cc1OC. The van der Waals surface area contributed by atoms with Crippen molar-refractivity contribution < 1.29 is 9.47 Å². The number of thiophene rings is 1. The first kappa shape index (κ1) is 19.7. The average molecular weight is 429 g/mol. The molecule has 1 N–H and O–H groups in total. The highest BCUT2D eigenvalue weighted by Gasteiger charge is 2.20. The Balaban J connectivity index is 1.69. The summed E-state index contributed by atoms with van der Waals surface area (Å²) in [5, 5.41) is 1.08. The molecule has 4 rings (SSSR count). The highest BCUT2D eigenvalue weighted by atomic mass is 35.5. The number of rotatable bonds is 6. The Bertz CT molecular complexity index is 1160. The zero-order valence-electron chi connectivity index (χ0n) is 16.1. The number of aromatic nitrogens is 2. The van der Waals surface area contributed by atoms with E-state index in [0.717, 1.165) is 40.6 Å². The van der Waals surface area contributed by atoms with Crippen molar-refractivity contribution in [3.8, 4) is 11.5 Å². The van der Waals surface area contributed by atoms with Gasteiger partial charge in [-0.1, -0.05) is 30.3 Å². The Morgan fingerprint density at radius 1 is 1.34 bits per heavy atom. The van der Waals surface area contributed by atoms with Crippen LogP contribution in [0.4, 0.5) is 0 Å². The lowest BCUT2D eigenvalue weighted by Crippen LogP contribution is -2.12. The Kier molecular flexibility index (Phi) is 5.74. The van der Waals surface area contributed by atoms with Crippen LogP contribution in [0.2, 0.25) is 0 Å². The minimum atomic E-state index is -0.123. The molecule has 1 aliphatic carbocycles. The highest BCUT2D eigenvalue weighted by Crippen LogP contribution is 2.34. The molecule has 0 amide bonds. The maximum Gasteiger partial charge on any atom is 0.260 e. The monoisotopic (exact) mass is 428 g/mol. The molecule has 0 spiro atoms. The van der Waals surface area contributed by atoms with Crippen molar-refractivity contribution in [1.82, 2.24) is 9.97 Å². The zero-order chi connectivity index (χ0) is 20.4. The second kappa shape index (κ2) is 8.43. The maximum absolute atomic E-state index is 12.7. The fourth-order valence-electron chi connectivity index (χ4n) is 3.53. The van der Waals surface area contributed by atoms with Gasteiger partial charge in [-0.05, 0) is 55.0 Å². The summed E-state index contributed by atoms with van der Waals surface area (Å²) in [6.07, 6.45) is 7.68. The molecule has 7 heteroatoms. The molecule has 2 heterocycles. The molecule has 1 aliphatic rings. The number of ether oxygens (including phenoxy) is 2. The van der Waals surface area contributed by atoms with Crippen LogP contribution in [-0.4, -0.2) is 23.7 Å². The number of H-pyrrole nitrogens is 1. The van der Waals surface area contributed by atoms with Crippen LogP contribution in [0.25, 0.3) is 21.3 Å². The first-order chi connectivity index (χ1) is 14.1. The number of hydrogen-bond donors (Lipinski definition) is 1. The van der Waals surface area contributed by atoms with Gasteiger partial charge in [0.25, 0.3) is 5.56 Å². The fraction of sp³-hybridized carbons (Fsp3) is 0.273. The van der Waals surface area contributed by atoms with E-state index >= 15 is 0 Å². The summed E-state index contributed by atoms with van der Waals surface area (Å²) >= 11 is 8.11. The Labute approximate surface area is 177 Å². The first-order valence-electron chi connectivity index (χ1n) is 9.44. The van der Waals surface area contributed by atoms with Gasteiger partial charge < -0.3 is 14.5 Å². The van der Waals surface area contributed by atoms with E-state index in [0.29, 0.717) is 29.0 Å². The molecule has 0 bridgehead atoms. The molecule has 3 aromatic rings. The predicted molar refractivity (Wildman–Crippen MR) is 119 cm³/mol. The van der Waals surface area contributed by atoms with Crippen molar-refractivity contribution in [2.45, 2.75) is 25.7 Å². The number of methoxy groups -OCH3 is 1. The van der Waals surface area contributed by atoms with E-state index in [4.69, 9.17) is 21.1 Å². The van der Waals surface area contributed by atoms with Crippen molar-refractivity contribution >= 4 is 44.3 Å². The normalized spacial score (nSPS) is 13.9. The van der Waals surface area contributed by atoms with Crippen LogP contribution in [0.5, 0.6) is 11.5 Å². The van der Waals surface area contributed by atoms with Gasteiger partial charge in [0, 0.05) is 4.88 Å². The van der Waals surface area contributed by atoms with E-state index in [1.54, 1.807) is 30.6 Å². The largest absolute Gasteiger partial charge is 0.493 e. The zero-order valence-corrected chi connectivity index (χ0v) is 17.7. The van der Waals surface area contributed by atoms with E-state index in [1.165, 1.54) is 11.3 Å². The average Bonchev–Trinajstić information content (AvgIpc) is 3.11. The molecular formula is C22H21ClN2O3S. The van der Waals surface area contributed by atoms with Gasteiger partial charge in [0.05, 0.1) is 17.5 Å². The number of nitrogens with one attached hydrogen (secondary N) is 1. The molecule has 0 atom stereocenters. The molecule has 0 saturated carbocycles. The van der Waals surface area contributed by atoms with Gasteiger partial charge in [-0.15, -0.1) is 11.3 Å². The lowest BCUT2D eigenvalue weighted by atomic mass is 9.97. The number of halogens is 1. The van der Waals surface area contributed by atoms with E-state index in [2.05, 4.69) is 16.5 Å². The second-order valence-electron chi connectivity index (χ2n) is 6.81. The molecule has 0 unspecified atom stereocenters. The van der Waals surface area contributed by atoms with Gasteiger partial charge in [-0.25, -0.2) is 4.98 Å². The summed E-state index contributed by atoms with van der Waals surface area (Å²) in [6, 6.07) is 5.50. The molecule has 2 aromatic heterocycles. The van der Waals surface area contributed by atoms with E-state index in [9.17, 15) is 4.79 Å². The van der Waals surface area contributed by atoms with Gasteiger partial charge in [-0.3, -0.25) is 4.79 Å². The van der Waals surface area contributed by atoms with Crippen LogP contribution in [-0.2, 0) is 12.8 Å². The van der Waals surface area contributed by atoms with Crippen molar-refractivity contribution in [2.75, 3.05) is 13.7 Å². The summed E-state index contributed by atoms with van der Waals surface area (Å²) in [5.74, 6) is 1.58. The van der Waals surface area contributed by atoms with Crippen LogP contribution in [0, 0.1) is 0 Å².